The Morgan fingerprint density at radius 3 is 2.70 bits per heavy atom. The fraction of sp³-hybridized carbons (Fsp3) is 0.435. The summed E-state index contributed by atoms with van der Waals surface area (Å²) in [6.45, 7) is 5.79. The number of benzene rings is 2. The highest BCUT2D eigenvalue weighted by Crippen LogP contribution is 2.31. The zero-order chi connectivity index (χ0) is 23.6. The van der Waals surface area contributed by atoms with Gasteiger partial charge >= 0.3 is 0 Å². The van der Waals surface area contributed by atoms with Crippen LogP contribution in [0.5, 0.6) is 0 Å². The largest absolute Gasteiger partial charge is 0.376 e. The van der Waals surface area contributed by atoms with Crippen LogP contribution in [0.15, 0.2) is 46.5 Å². The van der Waals surface area contributed by atoms with Crippen LogP contribution < -0.4 is 0 Å². The first-order chi connectivity index (χ1) is 15.8. The highest BCUT2D eigenvalue weighted by atomic mass is 35.5. The molecule has 0 amide bonds. The average Bonchev–Trinajstić information content (AvgIpc) is 3.42. The minimum absolute atomic E-state index is 0.0769. The lowest BCUT2D eigenvalue weighted by Crippen LogP contribution is -2.30. The summed E-state index contributed by atoms with van der Waals surface area (Å²) in [5.41, 5.74) is 1.97. The standard InChI is InChI=1S/C23H27ClFN3O3S2/c1-3-27(4-2)33(29,30)19-9-10-22-21(13-19)26-23(28(22)14-18-6-5-11-31-18)32-15-16-7-8-17(24)12-20(16)25/h7-10,12-13,18H,3-6,11,14-15H2,1-2H3/t18-/m1/s1. The molecule has 10 heteroatoms. The van der Waals surface area contributed by atoms with Gasteiger partial charge in [-0.25, -0.2) is 17.8 Å². The molecule has 33 heavy (non-hydrogen) atoms. The van der Waals surface area contributed by atoms with Gasteiger partial charge in [0.05, 0.1) is 28.6 Å². The summed E-state index contributed by atoms with van der Waals surface area (Å²) in [5.74, 6) is 0.0204. The van der Waals surface area contributed by atoms with Gasteiger partial charge in [0.25, 0.3) is 0 Å². The van der Waals surface area contributed by atoms with Gasteiger partial charge in [0.2, 0.25) is 10.0 Å². The molecule has 3 aromatic rings. The number of thioether (sulfide) groups is 1. The number of aromatic nitrogens is 2. The molecule has 0 aliphatic carbocycles. The van der Waals surface area contributed by atoms with Crippen molar-refractivity contribution in [1.82, 2.24) is 13.9 Å². The second-order valence-corrected chi connectivity index (χ2v) is 11.2. The van der Waals surface area contributed by atoms with Crippen LogP contribution in [0, 0.1) is 5.82 Å². The molecule has 0 unspecified atom stereocenters. The van der Waals surface area contributed by atoms with E-state index in [4.69, 9.17) is 21.3 Å². The molecule has 178 valence electrons. The lowest BCUT2D eigenvalue weighted by molar-refractivity contribution is 0.0960. The molecule has 0 bridgehead atoms. The summed E-state index contributed by atoms with van der Waals surface area (Å²) >= 11 is 7.28. The number of hydrogen-bond donors (Lipinski definition) is 0. The van der Waals surface area contributed by atoms with E-state index in [2.05, 4.69) is 4.57 Å². The third kappa shape index (κ3) is 5.22. The third-order valence-corrected chi connectivity index (χ3v) is 9.12. The van der Waals surface area contributed by atoms with Gasteiger partial charge in [-0.3, -0.25) is 0 Å². The van der Waals surface area contributed by atoms with Crippen LogP contribution in [0.3, 0.4) is 0 Å². The number of sulfonamides is 1. The predicted molar refractivity (Wildman–Crippen MR) is 130 cm³/mol. The Kier molecular flexibility index (Phi) is 7.65. The monoisotopic (exact) mass is 511 g/mol. The second-order valence-electron chi connectivity index (χ2n) is 7.90. The molecule has 1 fully saturated rings. The summed E-state index contributed by atoms with van der Waals surface area (Å²) in [6.07, 6.45) is 2.06. The molecule has 2 heterocycles. The van der Waals surface area contributed by atoms with Gasteiger partial charge in [-0.2, -0.15) is 4.31 Å². The van der Waals surface area contributed by atoms with Crippen LogP contribution in [0.25, 0.3) is 11.0 Å². The van der Waals surface area contributed by atoms with E-state index in [1.807, 2.05) is 13.8 Å². The number of rotatable bonds is 9. The van der Waals surface area contributed by atoms with Crippen LogP contribution in [-0.2, 0) is 27.1 Å². The Hall–Kier alpha value is -1.65. The number of fused-ring (bicyclic) bond motifs is 1. The first-order valence-corrected chi connectivity index (χ1v) is 13.8. The Labute approximate surface area is 203 Å². The normalized spacial score (nSPS) is 16.8. The van der Waals surface area contributed by atoms with Gasteiger partial charge in [0.1, 0.15) is 5.82 Å². The van der Waals surface area contributed by atoms with Gasteiger partial charge < -0.3 is 9.30 Å². The van der Waals surface area contributed by atoms with Crippen LogP contribution in [-0.4, -0.2) is 48.1 Å². The molecule has 0 N–H and O–H groups in total. The van der Waals surface area contributed by atoms with E-state index in [1.54, 1.807) is 30.3 Å². The fourth-order valence-corrected chi connectivity index (χ4v) is 6.67. The maximum Gasteiger partial charge on any atom is 0.243 e. The summed E-state index contributed by atoms with van der Waals surface area (Å²) in [5, 5.41) is 1.06. The van der Waals surface area contributed by atoms with Crippen molar-refractivity contribution in [2.24, 2.45) is 0 Å². The molecule has 6 nitrogen and oxygen atoms in total. The molecule has 0 spiro atoms. The first kappa shape index (κ1) is 24.5. The molecule has 1 atom stereocenters. The van der Waals surface area contributed by atoms with Gasteiger partial charge in [-0.05, 0) is 48.7 Å². The molecule has 2 aromatic carbocycles. The van der Waals surface area contributed by atoms with E-state index in [9.17, 15) is 12.8 Å². The van der Waals surface area contributed by atoms with Gasteiger partial charge in [-0.1, -0.05) is 43.3 Å². The molecule has 1 aromatic heterocycles. The van der Waals surface area contributed by atoms with Crippen molar-refractivity contribution in [1.29, 1.82) is 0 Å². The predicted octanol–water partition coefficient (Wildman–Crippen LogP) is 5.33. The summed E-state index contributed by atoms with van der Waals surface area (Å²) in [6, 6.07) is 9.71. The van der Waals surface area contributed by atoms with Gasteiger partial charge in [-0.15, -0.1) is 0 Å². The Balaban J connectivity index is 1.70. The highest BCUT2D eigenvalue weighted by Gasteiger charge is 2.25. The number of ether oxygens (including phenoxy) is 1. The lowest BCUT2D eigenvalue weighted by Gasteiger charge is -2.18. The van der Waals surface area contributed by atoms with Crippen LogP contribution >= 0.6 is 23.4 Å². The lowest BCUT2D eigenvalue weighted by atomic mass is 10.2. The number of halogens is 2. The van der Waals surface area contributed by atoms with E-state index < -0.39 is 10.0 Å². The summed E-state index contributed by atoms with van der Waals surface area (Å²) < 4.78 is 49.6. The number of hydrogen-bond acceptors (Lipinski definition) is 5. The van der Waals surface area contributed by atoms with Crippen molar-refractivity contribution in [3.8, 4) is 0 Å². The SMILES string of the molecule is CCN(CC)S(=O)(=O)c1ccc2c(c1)nc(SCc1ccc(Cl)cc1F)n2C[C@H]1CCCO1. The number of imidazole rings is 1. The van der Waals surface area contributed by atoms with E-state index >= 15 is 0 Å². The Morgan fingerprint density at radius 1 is 1.24 bits per heavy atom. The van der Waals surface area contributed by atoms with E-state index in [0.29, 0.717) is 46.6 Å². The van der Waals surface area contributed by atoms with E-state index in [0.717, 1.165) is 25.0 Å². The van der Waals surface area contributed by atoms with Crippen LogP contribution in [0.1, 0.15) is 32.3 Å². The van der Waals surface area contributed by atoms with Gasteiger partial charge in [0, 0.05) is 30.5 Å². The zero-order valence-electron chi connectivity index (χ0n) is 18.6. The van der Waals surface area contributed by atoms with E-state index in [1.165, 1.54) is 22.1 Å². The zero-order valence-corrected chi connectivity index (χ0v) is 21.0. The van der Waals surface area contributed by atoms with Crippen molar-refractivity contribution >= 4 is 44.4 Å². The molecular weight excluding hydrogens is 485 g/mol. The van der Waals surface area contributed by atoms with Gasteiger partial charge in [0.15, 0.2) is 5.16 Å². The molecule has 0 saturated carbocycles. The quantitative estimate of drug-likeness (QED) is 0.363. The maximum atomic E-state index is 14.3. The molecule has 1 aliphatic rings. The molecule has 4 rings (SSSR count). The average molecular weight is 512 g/mol. The smallest absolute Gasteiger partial charge is 0.243 e. The number of nitrogens with zero attached hydrogens (tertiary/aromatic N) is 3. The first-order valence-electron chi connectivity index (χ1n) is 11.0. The molecular formula is C23H27ClFN3O3S2. The van der Waals surface area contributed by atoms with Crippen LogP contribution in [0.2, 0.25) is 5.02 Å². The van der Waals surface area contributed by atoms with Crippen molar-refractivity contribution in [2.75, 3.05) is 19.7 Å². The maximum absolute atomic E-state index is 14.3. The topological polar surface area (TPSA) is 64.4 Å². The van der Waals surface area contributed by atoms with Crippen molar-refractivity contribution in [3.05, 3.63) is 52.8 Å². The summed E-state index contributed by atoms with van der Waals surface area (Å²) in [4.78, 5) is 4.96. The molecule has 1 aliphatic heterocycles. The van der Waals surface area contributed by atoms with Crippen LogP contribution in [0.4, 0.5) is 4.39 Å². The van der Waals surface area contributed by atoms with E-state index in [-0.39, 0.29) is 16.8 Å². The second kappa shape index (κ2) is 10.3. The van der Waals surface area contributed by atoms with Crippen molar-refractivity contribution in [2.45, 2.75) is 55.1 Å². The fourth-order valence-electron chi connectivity index (χ4n) is 4.02. The summed E-state index contributed by atoms with van der Waals surface area (Å²) in [7, 11) is -3.59. The van der Waals surface area contributed by atoms with Crippen molar-refractivity contribution in [3.63, 3.8) is 0 Å². The Morgan fingerprint density at radius 2 is 2.03 bits per heavy atom. The minimum atomic E-state index is -3.59. The Bertz CT molecular complexity index is 1240. The molecule has 1 saturated heterocycles. The minimum Gasteiger partial charge on any atom is -0.376 e. The highest BCUT2D eigenvalue weighted by molar-refractivity contribution is 7.98. The van der Waals surface area contributed by atoms with Crippen molar-refractivity contribution < 1.29 is 17.5 Å². The third-order valence-electron chi connectivity index (χ3n) is 5.81. The molecule has 0 radical (unpaired) electrons.